The van der Waals surface area contributed by atoms with Gasteiger partial charge in [0.25, 0.3) is 5.91 Å². The third-order valence-electron chi connectivity index (χ3n) is 6.27. The Bertz CT molecular complexity index is 1030. The maximum absolute atomic E-state index is 12.6. The molecule has 5 rings (SSSR count). The highest BCUT2D eigenvalue weighted by Gasteiger charge is 2.41. The van der Waals surface area contributed by atoms with Crippen LogP contribution in [-0.4, -0.2) is 25.1 Å². The molecule has 0 heterocycles. The average molecular weight is 437 g/mol. The number of anilines is 1. The highest BCUT2D eigenvalue weighted by molar-refractivity contribution is 6.07. The lowest BCUT2D eigenvalue weighted by Gasteiger charge is -2.46. The van der Waals surface area contributed by atoms with Gasteiger partial charge in [0.1, 0.15) is 6.10 Å². The standard InChI is InChI=1S/C24H27N3O5/c1-30-22-14-15(6-10-21(22)31-20-9-7-16-12-17(20)13-16)8-11-23(28)27(25)19-5-3-2-4-18(19)24(29)32-26/h2-6,8,10-11,14,16-17,20H,7,9,12-13,25-26H2,1H3/b11-8+. The van der Waals surface area contributed by atoms with E-state index in [0.717, 1.165) is 22.9 Å². The van der Waals surface area contributed by atoms with Crippen LogP contribution in [0.15, 0.2) is 48.5 Å². The fraction of sp³-hybridized carbons (Fsp3) is 0.333. The summed E-state index contributed by atoms with van der Waals surface area (Å²) in [5, 5.41) is 0.867. The Labute approximate surface area is 186 Å². The number of nitrogens with zero attached hydrogens (tertiary/aromatic N) is 1. The molecule has 2 aromatic rings. The van der Waals surface area contributed by atoms with Crippen molar-refractivity contribution in [1.29, 1.82) is 0 Å². The first kappa shape index (κ1) is 21.9. The number of methoxy groups -OCH3 is 1. The van der Waals surface area contributed by atoms with E-state index in [9.17, 15) is 9.59 Å². The Kier molecular flexibility index (Phi) is 6.43. The van der Waals surface area contributed by atoms with E-state index in [1.807, 2.05) is 18.2 Å². The van der Waals surface area contributed by atoms with Crippen molar-refractivity contribution >= 4 is 23.6 Å². The van der Waals surface area contributed by atoms with Crippen LogP contribution in [0.25, 0.3) is 6.08 Å². The Morgan fingerprint density at radius 2 is 1.88 bits per heavy atom. The van der Waals surface area contributed by atoms with Crippen molar-refractivity contribution < 1.29 is 23.9 Å². The molecule has 0 aromatic heterocycles. The number of hydrazine groups is 1. The van der Waals surface area contributed by atoms with E-state index in [-0.39, 0.29) is 17.4 Å². The van der Waals surface area contributed by atoms with Crippen LogP contribution in [0.4, 0.5) is 5.69 Å². The quantitative estimate of drug-likeness (QED) is 0.296. The van der Waals surface area contributed by atoms with Gasteiger partial charge in [-0.05, 0) is 73.4 Å². The maximum Gasteiger partial charge on any atom is 0.358 e. The summed E-state index contributed by atoms with van der Waals surface area (Å²) in [6.07, 6.45) is 8.01. The van der Waals surface area contributed by atoms with Gasteiger partial charge < -0.3 is 14.3 Å². The Balaban J connectivity index is 1.46. The molecule has 4 N–H and O–H groups in total. The molecule has 0 saturated heterocycles. The Hall–Kier alpha value is -3.36. The first-order valence-electron chi connectivity index (χ1n) is 10.6. The van der Waals surface area contributed by atoms with E-state index < -0.39 is 11.9 Å². The summed E-state index contributed by atoms with van der Waals surface area (Å²) >= 11 is 0. The van der Waals surface area contributed by atoms with Gasteiger partial charge in [-0.15, -0.1) is 0 Å². The second-order valence-electron chi connectivity index (χ2n) is 8.21. The number of nitrogens with two attached hydrogens (primary N) is 2. The molecule has 3 fully saturated rings. The summed E-state index contributed by atoms with van der Waals surface area (Å²) in [6, 6.07) is 11.8. The number of para-hydroxylation sites is 1. The fourth-order valence-corrected chi connectivity index (χ4v) is 4.45. The van der Waals surface area contributed by atoms with Crippen molar-refractivity contribution in [3.8, 4) is 11.5 Å². The van der Waals surface area contributed by atoms with Crippen molar-refractivity contribution in [2.45, 2.75) is 31.8 Å². The second kappa shape index (κ2) is 9.42. The lowest BCUT2D eigenvalue weighted by molar-refractivity contribution is -0.114. The summed E-state index contributed by atoms with van der Waals surface area (Å²) in [7, 11) is 1.59. The van der Waals surface area contributed by atoms with Gasteiger partial charge in [-0.1, -0.05) is 18.2 Å². The van der Waals surface area contributed by atoms with Crippen LogP contribution < -0.4 is 26.2 Å². The number of carbonyl (C=O) groups is 2. The van der Waals surface area contributed by atoms with Crippen LogP contribution in [0.3, 0.4) is 0 Å². The number of rotatable bonds is 7. The summed E-state index contributed by atoms with van der Waals surface area (Å²) in [6.45, 7) is 0. The lowest BCUT2D eigenvalue weighted by Crippen LogP contribution is -2.42. The van der Waals surface area contributed by atoms with E-state index in [2.05, 4.69) is 4.84 Å². The van der Waals surface area contributed by atoms with Crippen molar-refractivity contribution in [2.75, 3.05) is 12.1 Å². The molecule has 0 aliphatic heterocycles. The summed E-state index contributed by atoms with van der Waals surface area (Å²) in [4.78, 5) is 28.7. The highest BCUT2D eigenvalue weighted by Crippen LogP contribution is 2.47. The molecule has 3 aliphatic carbocycles. The van der Waals surface area contributed by atoms with Gasteiger partial charge in [-0.25, -0.2) is 15.6 Å². The first-order valence-corrected chi connectivity index (χ1v) is 10.6. The van der Waals surface area contributed by atoms with Crippen LogP contribution in [0, 0.1) is 11.8 Å². The number of ether oxygens (including phenoxy) is 2. The zero-order valence-electron chi connectivity index (χ0n) is 17.9. The van der Waals surface area contributed by atoms with Gasteiger partial charge in [0.05, 0.1) is 18.4 Å². The zero-order valence-corrected chi connectivity index (χ0v) is 17.9. The highest BCUT2D eigenvalue weighted by atomic mass is 16.7. The van der Waals surface area contributed by atoms with Gasteiger partial charge in [0.2, 0.25) is 0 Å². The minimum Gasteiger partial charge on any atom is -0.493 e. The lowest BCUT2D eigenvalue weighted by atomic mass is 9.64. The Morgan fingerprint density at radius 3 is 2.56 bits per heavy atom. The largest absolute Gasteiger partial charge is 0.493 e. The van der Waals surface area contributed by atoms with Crippen LogP contribution in [-0.2, 0) is 9.63 Å². The molecular formula is C24H27N3O5. The SMILES string of the molecule is COc1cc(/C=C/C(=O)N(N)c2ccccc2C(=O)ON)ccc1OC1CCC2CC1C2. The predicted molar refractivity (Wildman–Crippen MR) is 120 cm³/mol. The average Bonchev–Trinajstić information content (AvgIpc) is 2.81. The van der Waals surface area contributed by atoms with E-state index in [1.54, 1.807) is 25.3 Å². The molecule has 2 bridgehead atoms. The van der Waals surface area contributed by atoms with Gasteiger partial charge in [0, 0.05) is 6.08 Å². The predicted octanol–water partition coefficient (Wildman–Crippen LogP) is 3.21. The number of hydrogen-bond acceptors (Lipinski definition) is 7. The van der Waals surface area contributed by atoms with E-state index >= 15 is 0 Å². The fourth-order valence-electron chi connectivity index (χ4n) is 4.45. The van der Waals surface area contributed by atoms with E-state index in [1.165, 1.54) is 37.5 Å². The van der Waals surface area contributed by atoms with E-state index in [0.29, 0.717) is 17.4 Å². The number of carbonyl (C=O) groups excluding carboxylic acids is 2. The number of benzene rings is 2. The molecule has 2 aromatic carbocycles. The van der Waals surface area contributed by atoms with Crippen molar-refractivity contribution in [2.24, 2.45) is 23.6 Å². The molecule has 0 spiro atoms. The maximum atomic E-state index is 12.6. The number of hydrogen-bond donors (Lipinski definition) is 2. The minimum atomic E-state index is -0.788. The van der Waals surface area contributed by atoms with Gasteiger partial charge in [-0.2, -0.15) is 5.90 Å². The van der Waals surface area contributed by atoms with Gasteiger partial charge in [0.15, 0.2) is 11.5 Å². The third-order valence-corrected chi connectivity index (χ3v) is 6.27. The van der Waals surface area contributed by atoms with Crippen LogP contribution in [0.5, 0.6) is 11.5 Å². The topological polar surface area (TPSA) is 117 Å². The molecule has 8 nitrogen and oxygen atoms in total. The van der Waals surface area contributed by atoms with Gasteiger partial charge >= 0.3 is 5.97 Å². The molecule has 8 heteroatoms. The summed E-state index contributed by atoms with van der Waals surface area (Å²) < 4.78 is 11.8. The third kappa shape index (κ3) is 4.46. The normalized spacial score (nSPS) is 21.5. The summed E-state index contributed by atoms with van der Waals surface area (Å²) in [5.41, 5.74) is 1.02. The molecule has 3 aliphatic rings. The molecule has 1 atom stereocenters. The number of fused-ring (bicyclic) bond motifs is 2. The molecular weight excluding hydrogens is 410 g/mol. The van der Waals surface area contributed by atoms with Crippen LogP contribution >= 0.6 is 0 Å². The Morgan fingerprint density at radius 1 is 1.09 bits per heavy atom. The molecule has 0 radical (unpaired) electrons. The number of amides is 1. The molecule has 3 saturated carbocycles. The monoisotopic (exact) mass is 437 g/mol. The van der Waals surface area contributed by atoms with Crippen molar-refractivity contribution in [3.63, 3.8) is 0 Å². The van der Waals surface area contributed by atoms with Crippen molar-refractivity contribution in [1.82, 2.24) is 0 Å². The first-order chi connectivity index (χ1) is 15.5. The van der Waals surface area contributed by atoms with Gasteiger partial charge in [-0.3, -0.25) is 4.79 Å². The van der Waals surface area contributed by atoms with Crippen molar-refractivity contribution in [3.05, 3.63) is 59.7 Å². The molecule has 32 heavy (non-hydrogen) atoms. The van der Waals surface area contributed by atoms with Crippen LogP contribution in [0.2, 0.25) is 0 Å². The zero-order chi connectivity index (χ0) is 22.7. The molecule has 1 amide bonds. The van der Waals surface area contributed by atoms with E-state index in [4.69, 9.17) is 21.2 Å². The minimum absolute atomic E-state index is 0.0860. The smallest absolute Gasteiger partial charge is 0.358 e. The second-order valence-corrected chi connectivity index (χ2v) is 8.21. The summed E-state index contributed by atoms with van der Waals surface area (Å²) in [5.74, 6) is 12.4. The van der Waals surface area contributed by atoms with Crippen LogP contribution in [0.1, 0.15) is 41.6 Å². The molecule has 168 valence electrons. The molecule has 1 unspecified atom stereocenters.